The van der Waals surface area contributed by atoms with Gasteiger partial charge in [0.25, 0.3) is 0 Å². The first-order valence-electron chi connectivity index (χ1n) is 7.88. The lowest BCUT2D eigenvalue weighted by Crippen LogP contribution is -2.07. The summed E-state index contributed by atoms with van der Waals surface area (Å²) in [5, 5.41) is 4.28. The van der Waals surface area contributed by atoms with E-state index in [2.05, 4.69) is 33.7 Å². The maximum Gasteiger partial charge on any atom is 0.141 e. The SMILES string of the molecule is C[C@@H](c1cnn(C)c1)n1ccnc1-c1ccccc1-c1ccco1. The Hall–Kier alpha value is -3.08. The van der Waals surface area contributed by atoms with Crippen LogP contribution in [-0.2, 0) is 7.05 Å². The van der Waals surface area contributed by atoms with Gasteiger partial charge < -0.3 is 8.98 Å². The van der Waals surface area contributed by atoms with E-state index in [1.807, 2.05) is 60.8 Å². The Bertz CT molecular complexity index is 949. The Kier molecular flexibility index (Phi) is 3.54. The summed E-state index contributed by atoms with van der Waals surface area (Å²) in [7, 11) is 1.93. The molecule has 0 N–H and O–H groups in total. The van der Waals surface area contributed by atoms with Crippen molar-refractivity contribution in [2.75, 3.05) is 0 Å². The van der Waals surface area contributed by atoms with Crippen LogP contribution in [0.4, 0.5) is 0 Å². The topological polar surface area (TPSA) is 48.8 Å². The van der Waals surface area contributed by atoms with Crippen molar-refractivity contribution in [2.24, 2.45) is 7.05 Å². The number of furan rings is 1. The fourth-order valence-corrected chi connectivity index (χ4v) is 2.98. The van der Waals surface area contributed by atoms with Crippen LogP contribution in [0.25, 0.3) is 22.7 Å². The second-order valence-corrected chi connectivity index (χ2v) is 5.80. The van der Waals surface area contributed by atoms with Crippen LogP contribution in [0.2, 0.25) is 0 Å². The van der Waals surface area contributed by atoms with Crippen LogP contribution in [0.15, 0.2) is 71.9 Å². The predicted molar refractivity (Wildman–Crippen MR) is 92.4 cm³/mol. The molecule has 0 saturated heterocycles. The average molecular weight is 318 g/mol. The predicted octanol–water partition coefficient (Wildman–Crippen LogP) is 4.15. The molecule has 1 aromatic carbocycles. The smallest absolute Gasteiger partial charge is 0.141 e. The second-order valence-electron chi connectivity index (χ2n) is 5.80. The van der Waals surface area contributed by atoms with Gasteiger partial charge in [-0.15, -0.1) is 0 Å². The number of rotatable bonds is 4. The molecule has 0 aliphatic rings. The minimum atomic E-state index is 0.140. The Morgan fingerprint density at radius 1 is 1.08 bits per heavy atom. The van der Waals surface area contributed by atoms with Gasteiger partial charge in [0.2, 0.25) is 0 Å². The summed E-state index contributed by atoms with van der Waals surface area (Å²) < 4.78 is 9.58. The monoisotopic (exact) mass is 318 g/mol. The Labute approximate surface area is 140 Å². The molecule has 0 unspecified atom stereocenters. The molecule has 24 heavy (non-hydrogen) atoms. The zero-order valence-electron chi connectivity index (χ0n) is 13.6. The van der Waals surface area contributed by atoms with Crippen LogP contribution in [0, 0.1) is 0 Å². The fourth-order valence-electron chi connectivity index (χ4n) is 2.98. The third-order valence-electron chi connectivity index (χ3n) is 4.25. The van der Waals surface area contributed by atoms with E-state index >= 15 is 0 Å². The molecule has 0 radical (unpaired) electrons. The van der Waals surface area contributed by atoms with Gasteiger partial charge in [-0.1, -0.05) is 24.3 Å². The van der Waals surface area contributed by atoms with E-state index in [1.54, 1.807) is 6.26 Å². The van der Waals surface area contributed by atoms with E-state index in [0.29, 0.717) is 0 Å². The summed E-state index contributed by atoms with van der Waals surface area (Å²) in [6, 6.07) is 12.2. The zero-order chi connectivity index (χ0) is 16.5. The Morgan fingerprint density at radius 3 is 2.62 bits per heavy atom. The number of aryl methyl sites for hydroxylation is 1. The highest BCUT2D eigenvalue weighted by atomic mass is 16.3. The van der Waals surface area contributed by atoms with E-state index in [4.69, 9.17) is 4.42 Å². The highest BCUT2D eigenvalue weighted by molar-refractivity contribution is 5.78. The number of nitrogens with zero attached hydrogens (tertiary/aromatic N) is 4. The van der Waals surface area contributed by atoms with E-state index in [0.717, 1.165) is 28.3 Å². The summed E-state index contributed by atoms with van der Waals surface area (Å²) in [6.45, 7) is 2.15. The van der Waals surface area contributed by atoms with Crippen LogP contribution in [0.3, 0.4) is 0 Å². The summed E-state index contributed by atoms with van der Waals surface area (Å²) in [6.07, 6.45) is 9.46. The minimum absolute atomic E-state index is 0.140. The first kappa shape index (κ1) is 14.5. The van der Waals surface area contributed by atoms with Gasteiger partial charge in [-0.05, 0) is 19.1 Å². The van der Waals surface area contributed by atoms with Gasteiger partial charge in [0.15, 0.2) is 0 Å². The molecule has 5 nitrogen and oxygen atoms in total. The minimum Gasteiger partial charge on any atom is -0.464 e. The molecule has 120 valence electrons. The molecule has 0 spiro atoms. The van der Waals surface area contributed by atoms with Crippen molar-refractivity contribution in [3.8, 4) is 22.7 Å². The Morgan fingerprint density at radius 2 is 1.92 bits per heavy atom. The van der Waals surface area contributed by atoms with Crippen LogP contribution in [-0.4, -0.2) is 19.3 Å². The molecule has 0 saturated carbocycles. The quantitative estimate of drug-likeness (QED) is 0.568. The molecule has 3 heterocycles. The van der Waals surface area contributed by atoms with Gasteiger partial charge in [-0.3, -0.25) is 4.68 Å². The van der Waals surface area contributed by atoms with Gasteiger partial charge in [-0.2, -0.15) is 5.10 Å². The zero-order valence-corrected chi connectivity index (χ0v) is 13.6. The lowest BCUT2D eigenvalue weighted by atomic mass is 10.0. The van der Waals surface area contributed by atoms with Gasteiger partial charge in [0.05, 0.1) is 18.5 Å². The molecule has 0 fully saturated rings. The molecule has 0 amide bonds. The number of hydrogen-bond acceptors (Lipinski definition) is 3. The second kappa shape index (κ2) is 5.85. The normalized spacial score (nSPS) is 12.4. The van der Waals surface area contributed by atoms with Crippen molar-refractivity contribution in [3.05, 3.63) is 73.0 Å². The summed E-state index contributed by atoms with van der Waals surface area (Å²) in [5.41, 5.74) is 3.23. The Balaban J connectivity index is 1.81. The maximum atomic E-state index is 5.60. The summed E-state index contributed by atoms with van der Waals surface area (Å²) in [5.74, 6) is 1.76. The molecule has 0 aliphatic heterocycles. The lowest BCUT2D eigenvalue weighted by molar-refractivity contribution is 0.582. The first-order chi connectivity index (χ1) is 11.7. The molecule has 4 rings (SSSR count). The molecule has 1 atom stereocenters. The number of imidazole rings is 1. The molecule has 0 bridgehead atoms. The van der Waals surface area contributed by atoms with Crippen molar-refractivity contribution < 1.29 is 4.42 Å². The average Bonchev–Trinajstić information content (AvgIpc) is 3.35. The van der Waals surface area contributed by atoms with Crippen molar-refractivity contribution in [3.63, 3.8) is 0 Å². The summed E-state index contributed by atoms with van der Waals surface area (Å²) >= 11 is 0. The number of hydrogen-bond donors (Lipinski definition) is 0. The number of benzene rings is 1. The molecule has 3 aromatic heterocycles. The fraction of sp³-hybridized carbons (Fsp3) is 0.158. The first-order valence-corrected chi connectivity index (χ1v) is 7.88. The van der Waals surface area contributed by atoms with Crippen LogP contribution >= 0.6 is 0 Å². The van der Waals surface area contributed by atoms with E-state index < -0.39 is 0 Å². The van der Waals surface area contributed by atoms with Gasteiger partial charge in [0.1, 0.15) is 11.6 Å². The van der Waals surface area contributed by atoms with Gasteiger partial charge in [-0.25, -0.2) is 4.98 Å². The standard InChI is InChI=1S/C19H18N4O/c1-14(15-12-21-22(2)13-15)23-10-9-20-19(23)17-7-4-3-6-16(17)18-8-5-11-24-18/h3-14H,1-2H3/t14-/m0/s1. The van der Waals surface area contributed by atoms with E-state index in [9.17, 15) is 0 Å². The number of aromatic nitrogens is 4. The highest BCUT2D eigenvalue weighted by Gasteiger charge is 2.18. The molecule has 0 aliphatic carbocycles. The molecule has 5 heteroatoms. The van der Waals surface area contributed by atoms with Crippen molar-refractivity contribution in [1.29, 1.82) is 0 Å². The van der Waals surface area contributed by atoms with Crippen LogP contribution in [0.5, 0.6) is 0 Å². The third-order valence-corrected chi connectivity index (χ3v) is 4.25. The molecular weight excluding hydrogens is 300 g/mol. The van der Waals surface area contributed by atoms with Crippen LogP contribution < -0.4 is 0 Å². The van der Waals surface area contributed by atoms with E-state index in [1.165, 1.54) is 0 Å². The highest BCUT2D eigenvalue weighted by Crippen LogP contribution is 2.33. The van der Waals surface area contributed by atoms with Crippen molar-refractivity contribution in [2.45, 2.75) is 13.0 Å². The largest absolute Gasteiger partial charge is 0.464 e. The molecular formula is C19H18N4O. The molecule has 4 aromatic rings. The van der Waals surface area contributed by atoms with Crippen molar-refractivity contribution in [1.82, 2.24) is 19.3 Å². The lowest BCUT2D eigenvalue weighted by Gasteiger charge is -2.16. The van der Waals surface area contributed by atoms with Gasteiger partial charge in [0, 0.05) is 42.3 Å². The summed E-state index contributed by atoms with van der Waals surface area (Å²) in [4.78, 5) is 4.60. The van der Waals surface area contributed by atoms with E-state index in [-0.39, 0.29) is 6.04 Å². The third kappa shape index (κ3) is 2.44. The maximum absolute atomic E-state index is 5.60. The van der Waals surface area contributed by atoms with Crippen molar-refractivity contribution >= 4 is 0 Å². The van der Waals surface area contributed by atoms with Crippen LogP contribution in [0.1, 0.15) is 18.5 Å². The van der Waals surface area contributed by atoms with Gasteiger partial charge >= 0.3 is 0 Å².